The second-order valence-corrected chi connectivity index (χ2v) is 7.20. The van der Waals surface area contributed by atoms with Gasteiger partial charge >= 0.3 is 6.09 Å². The van der Waals surface area contributed by atoms with E-state index < -0.39 is 0 Å². The van der Waals surface area contributed by atoms with Gasteiger partial charge in [-0.2, -0.15) is 0 Å². The van der Waals surface area contributed by atoms with E-state index in [1.165, 1.54) is 12.8 Å². The molecule has 0 aliphatic heterocycles. The van der Waals surface area contributed by atoms with Crippen molar-refractivity contribution < 1.29 is 9.53 Å². The first-order valence-electron chi connectivity index (χ1n) is 9.72. The molecule has 0 aliphatic carbocycles. The van der Waals surface area contributed by atoms with Crippen LogP contribution in [0.15, 0.2) is 12.2 Å². The van der Waals surface area contributed by atoms with E-state index in [0.717, 1.165) is 19.4 Å². The number of hydrogen-bond donors (Lipinski definition) is 0. The van der Waals surface area contributed by atoms with Crippen molar-refractivity contribution in [2.24, 2.45) is 11.3 Å². The van der Waals surface area contributed by atoms with Crippen molar-refractivity contribution in [3.8, 4) is 0 Å². The van der Waals surface area contributed by atoms with Gasteiger partial charge in [0.1, 0.15) is 0 Å². The van der Waals surface area contributed by atoms with Crippen LogP contribution in [0.2, 0.25) is 0 Å². The lowest BCUT2D eigenvalue weighted by molar-refractivity contribution is 0.0785. The van der Waals surface area contributed by atoms with Gasteiger partial charge in [0.05, 0.1) is 6.61 Å². The third kappa shape index (κ3) is 23.3. The summed E-state index contributed by atoms with van der Waals surface area (Å²) in [6.07, 6.45) is 8.66. The van der Waals surface area contributed by atoms with E-state index >= 15 is 0 Å². The molecule has 0 heterocycles. The Morgan fingerprint density at radius 1 is 1.17 bits per heavy atom. The summed E-state index contributed by atoms with van der Waals surface area (Å²) in [5.41, 5.74) is 0.0233. The summed E-state index contributed by atoms with van der Waals surface area (Å²) in [5, 5.41) is 0. The van der Waals surface area contributed by atoms with Crippen LogP contribution in [0.25, 0.3) is 0 Å². The summed E-state index contributed by atoms with van der Waals surface area (Å²) < 4.78 is 5.25. The highest BCUT2D eigenvalue weighted by atomic mass is 16.6. The Balaban J connectivity index is -0.000000786. The number of amides is 1. The van der Waals surface area contributed by atoms with E-state index in [2.05, 4.69) is 60.6 Å². The predicted octanol–water partition coefficient (Wildman–Crippen LogP) is 6.93. The van der Waals surface area contributed by atoms with Gasteiger partial charge in [0, 0.05) is 13.6 Å². The van der Waals surface area contributed by atoms with Crippen LogP contribution in [-0.2, 0) is 4.74 Å². The molecule has 0 fully saturated rings. The largest absolute Gasteiger partial charge is 0.449 e. The molecular weight excluding hydrogens is 298 g/mol. The summed E-state index contributed by atoms with van der Waals surface area (Å²) >= 11 is 0. The highest BCUT2D eigenvalue weighted by Gasteiger charge is 2.15. The molecule has 0 rings (SSSR count). The molecule has 0 aromatic rings. The van der Waals surface area contributed by atoms with Gasteiger partial charge in [-0.05, 0) is 24.2 Å². The van der Waals surface area contributed by atoms with Crippen molar-refractivity contribution in [2.75, 3.05) is 20.2 Å². The maximum atomic E-state index is 11.7. The molecule has 0 bridgehead atoms. The smallest absolute Gasteiger partial charge is 0.409 e. The van der Waals surface area contributed by atoms with E-state index in [4.69, 9.17) is 4.74 Å². The Hall–Kier alpha value is -0.990. The van der Waals surface area contributed by atoms with Gasteiger partial charge in [-0.25, -0.2) is 4.79 Å². The Morgan fingerprint density at radius 3 is 2.08 bits per heavy atom. The molecule has 3 heteroatoms. The standard InChI is InChI=1S/C16H31NO2.C3H8.C2H6/c1-7-14(2)11-9-8-10-12-17(6)15(18)19-13-16(3,4)5;1-3-2;1-2/h9,11,14H,7-8,10,12-13H2,1-6H3;3H2,1-2H3;1-2H3/b11-9-;;. The first-order valence-corrected chi connectivity index (χ1v) is 9.72. The molecule has 0 saturated heterocycles. The van der Waals surface area contributed by atoms with Gasteiger partial charge in [-0.15, -0.1) is 0 Å². The van der Waals surface area contributed by atoms with Crippen LogP contribution >= 0.6 is 0 Å². The average molecular weight is 344 g/mol. The lowest BCUT2D eigenvalue weighted by atomic mass is 9.99. The number of unbranched alkanes of at least 4 members (excludes halogenated alkanes) is 1. The normalized spacial score (nSPS) is 11.8. The number of hydrogen-bond acceptors (Lipinski definition) is 2. The molecule has 0 saturated carbocycles. The van der Waals surface area contributed by atoms with Crippen LogP contribution in [0.3, 0.4) is 0 Å². The summed E-state index contributed by atoms with van der Waals surface area (Å²) in [6.45, 7) is 20.0. The molecule has 0 aromatic heterocycles. The topological polar surface area (TPSA) is 29.5 Å². The van der Waals surface area contributed by atoms with E-state index in [9.17, 15) is 4.79 Å². The molecular formula is C21H45NO2. The number of allylic oxidation sites excluding steroid dienone is 2. The number of nitrogens with zero attached hydrogens (tertiary/aromatic N) is 1. The van der Waals surface area contributed by atoms with Crippen LogP contribution < -0.4 is 0 Å². The zero-order chi connectivity index (χ0) is 19.6. The molecule has 0 aromatic carbocycles. The van der Waals surface area contributed by atoms with Crippen LogP contribution in [0.5, 0.6) is 0 Å². The fraction of sp³-hybridized carbons (Fsp3) is 0.857. The second kappa shape index (κ2) is 18.4. The Morgan fingerprint density at radius 2 is 1.67 bits per heavy atom. The van der Waals surface area contributed by atoms with E-state index in [1.54, 1.807) is 11.9 Å². The zero-order valence-corrected chi connectivity index (χ0v) is 18.2. The van der Waals surface area contributed by atoms with Crippen LogP contribution in [0.4, 0.5) is 4.79 Å². The van der Waals surface area contributed by atoms with Gasteiger partial charge in [-0.1, -0.05) is 87.3 Å². The molecule has 1 atom stereocenters. The average Bonchev–Trinajstić information content (AvgIpc) is 2.53. The second-order valence-electron chi connectivity index (χ2n) is 7.20. The molecule has 0 aliphatic rings. The third-order valence-corrected chi connectivity index (χ3v) is 2.91. The van der Waals surface area contributed by atoms with Crippen molar-refractivity contribution in [3.63, 3.8) is 0 Å². The van der Waals surface area contributed by atoms with Gasteiger partial charge < -0.3 is 9.64 Å². The van der Waals surface area contributed by atoms with Gasteiger partial charge in [0.2, 0.25) is 0 Å². The van der Waals surface area contributed by atoms with Crippen LogP contribution in [-0.4, -0.2) is 31.2 Å². The van der Waals surface area contributed by atoms with Crippen molar-refractivity contribution in [1.82, 2.24) is 4.90 Å². The fourth-order valence-corrected chi connectivity index (χ4v) is 1.39. The van der Waals surface area contributed by atoms with Crippen molar-refractivity contribution in [1.29, 1.82) is 0 Å². The Bertz CT molecular complexity index is 293. The molecule has 1 amide bonds. The Kier molecular flexibility index (Phi) is 21.3. The molecule has 0 spiro atoms. The molecule has 146 valence electrons. The first-order chi connectivity index (χ1) is 11.2. The van der Waals surface area contributed by atoms with Crippen molar-refractivity contribution >= 4 is 6.09 Å². The van der Waals surface area contributed by atoms with Crippen LogP contribution in [0, 0.1) is 11.3 Å². The zero-order valence-electron chi connectivity index (χ0n) is 18.2. The quantitative estimate of drug-likeness (QED) is 0.370. The van der Waals surface area contributed by atoms with Crippen molar-refractivity contribution in [2.45, 2.75) is 88.0 Å². The monoisotopic (exact) mass is 343 g/mol. The minimum atomic E-state index is -0.221. The van der Waals surface area contributed by atoms with Gasteiger partial charge in [-0.3, -0.25) is 0 Å². The third-order valence-electron chi connectivity index (χ3n) is 2.91. The molecule has 0 radical (unpaired) electrons. The van der Waals surface area contributed by atoms with E-state index in [1.807, 2.05) is 13.8 Å². The number of carbonyl (C=O) groups is 1. The maximum Gasteiger partial charge on any atom is 0.409 e. The summed E-state index contributed by atoms with van der Waals surface area (Å²) in [6, 6.07) is 0. The van der Waals surface area contributed by atoms with Crippen molar-refractivity contribution in [3.05, 3.63) is 12.2 Å². The first kappa shape index (κ1) is 27.8. The fourth-order valence-electron chi connectivity index (χ4n) is 1.39. The molecule has 1 unspecified atom stereocenters. The lowest BCUT2D eigenvalue weighted by Gasteiger charge is -2.21. The minimum Gasteiger partial charge on any atom is -0.449 e. The lowest BCUT2D eigenvalue weighted by Crippen LogP contribution is -2.31. The predicted molar refractivity (Wildman–Crippen MR) is 109 cm³/mol. The summed E-state index contributed by atoms with van der Waals surface area (Å²) in [7, 11) is 1.80. The number of rotatable bonds is 7. The van der Waals surface area contributed by atoms with Gasteiger partial charge in [0.25, 0.3) is 0 Å². The summed E-state index contributed by atoms with van der Waals surface area (Å²) in [4.78, 5) is 13.3. The maximum absolute atomic E-state index is 11.7. The number of carbonyl (C=O) groups excluding carboxylic acids is 1. The van der Waals surface area contributed by atoms with Crippen LogP contribution in [0.1, 0.15) is 88.0 Å². The minimum absolute atomic E-state index is 0.0233. The summed E-state index contributed by atoms with van der Waals surface area (Å²) in [5.74, 6) is 0.648. The highest BCUT2D eigenvalue weighted by molar-refractivity contribution is 5.67. The molecule has 24 heavy (non-hydrogen) atoms. The van der Waals surface area contributed by atoms with E-state index in [-0.39, 0.29) is 11.5 Å². The van der Waals surface area contributed by atoms with E-state index in [0.29, 0.717) is 12.5 Å². The highest BCUT2D eigenvalue weighted by Crippen LogP contribution is 2.13. The Labute approximate surface area is 152 Å². The number of ether oxygens (including phenoxy) is 1. The SMILES string of the molecule is CC.CCC.CCC(C)/C=C\CCCN(C)C(=O)OCC(C)(C)C. The molecule has 0 N–H and O–H groups in total. The molecule has 3 nitrogen and oxygen atoms in total. The van der Waals surface area contributed by atoms with Gasteiger partial charge in [0.15, 0.2) is 0 Å².